The third-order valence-electron chi connectivity index (χ3n) is 3.74. The van der Waals surface area contributed by atoms with Crippen LogP contribution in [-0.4, -0.2) is 28.1 Å². The Morgan fingerprint density at radius 3 is 2.87 bits per heavy atom. The molecule has 3 rings (SSSR count). The molecule has 1 aliphatic carbocycles. The van der Waals surface area contributed by atoms with E-state index in [1.54, 1.807) is 0 Å². The molecule has 1 atom stereocenters. The van der Waals surface area contributed by atoms with Crippen LogP contribution in [0.3, 0.4) is 0 Å². The third-order valence-corrected chi connectivity index (χ3v) is 3.74. The molecule has 1 N–H and O–H groups in total. The summed E-state index contributed by atoms with van der Waals surface area (Å²) in [6.45, 7) is 2.22. The van der Waals surface area contributed by atoms with Gasteiger partial charge in [-0.2, -0.15) is 0 Å². The Kier molecular flexibility index (Phi) is 2.44. The normalized spacial score (nSPS) is 27.6. The van der Waals surface area contributed by atoms with Gasteiger partial charge in [0.15, 0.2) is 0 Å². The van der Waals surface area contributed by atoms with Gasteiger partial charge in [-0.05, 0) is 32.2 Å². The fourth-order valence-electron chi connectivity index (χ4n) is 2.57. The van der Waals surface area contributed by atoms with Crippen LogP contribution in [0.1, 0.15) is 49.8 Å². The molecule has 0 spiro atoms. The Labute approximate surface area is 90.0 Å². The minimum atomic E-state index is 0.539. The van der Waals surface area contributed by atoms with Crippen LogP contribution in [0.4, 0.5) is 0 Å². The van der Waals surface area contributed by atoms with Gasteiger partial charge in [0.2, 0.25) is 0 Å². The van der Waals surface area contributed by atoms with Gasteiger partial charge in [-0.1, -0.05) is 11.6 Å². The average molecular weight is 206 g/mol. The Morgan fingerprint density at radius 2 is 2.20 bits per heavy atom. The first kappa shape index (κ1) is 9.33. The van der Waals surface area contributed by atoms with Crippen molar-refractivity contribution in [3.63, 3.8) is 0 Å². The predicted octanol–water partition coefficient (Wildman–Crippen LogP) is 1.47. The third kappa shape index (κ3) is 1.67. The van der Waals surface area contributed by atoms with Crippen LogP contribution in [0, 0.1) is 0 Å². The summed E-state index contributed by atoms with van der Waals surface area (Å²) in [5.74, 6) is 0.738. The summed E-state index contributed by atoms with van der Waals surface area (Å²) in [5, 5.41) is 11.8. The SMILES string of the molecule is c1nnn(C2CCCNC2)c1C1CCC1. The van der Waals surface area contributed by atoms with Crippen molar-refractivity contribution >= 4 is 0 Å². The molecule has 0 bridgehead atoms. The number of nitrogens with zero attached hydrogens (tertiary/aromatic N) is 3. The van der Waals surface area contributed by atoms with Crippen molar-refractivity contribution in [1.82, 2.24) is 20.3 Å². The number of hydrogen-bond acceptors (Lipinski definition) is 3. The molecule has 1 saturated carbocycles. The van der Waals surface area contributed by atoms with E-state index in [2.05, 4.69) is 20.3 Å². The molecule has 82 valence electrons. The average Bonchev–Trinajstić information content (AvgIpc) is 2.65. The fraction of sp³-hybridized carbons (Fsp3) is 0.818. The second-order valence-electron chi connectivity index (χ2n) is 4.73. The van der Waals surface area contributed by atoms with E-state index in [1.807, 2.05) is 6.20 Å². The molecule has 2 fully saturated rings. The zero-order valence-electron chi connectivity index (χ0n) is 9.02. The summed E-state index contributed by atoms with van der Waals surface area (Å²) in [6, 6.07) is 0.539. The Balaban J connectivity index is 1.80. The maximum atomic E-state index is 4.27. The number of hydrogen-bond donors (Lipinski definition) is 1. The van der Waals surface area contributed by atoms with Crippen molar-refractivity contribution in [2.75, 3.05) is 13.1 Å². The van der Waals surface area contributed by atoms with E-state index >= 15 is 0 Å². The van der Waals surface area contributed by atoms with E-state index in [1.165, 1.54) is 37.8 Å². The van der Waals surface area contributed by atoms with Gasteiger partial charge in [0.05, 0.1) is 17.9 Å². The van der Waals surface area contributed by atoms with Crippen molar-refractivity contribution < 1.29 is 0 Å². The van der Waals surface area contributed by atoms with Crippen LogP contribution in [-0.2, 0) is 0 Å². The molecule has 0 radical (unpaired) electrons. The Bertz CT molecular complexity index is 323. The van der Waals surface area contributed by atoms with Crippen LogP contribution in [0.5, 0.6) is 0 Å². The molecule has 0 aromatic carbocycles. The zero-order valence-corrected chi connectivity index (χ0v) is 9.02. The molecule has 4 heteroatoms. The molecule has 4 nitrogen and oxygen atoms in total. The van der Waals surface area contributed by atoms with Gasteiger partial charge in [0.25, 0.3) is 0 Å². The smallest absolute Gasteiger partial charge is 0.0728 e. The van der Waals surface area contributed by atoms with Gasteiger partial charge in [-0.25, -0.2) is 4.68 Å². The van der Waals surface area contributed by atoms with Crippen molar-refractivity contribution in [1.29, 1.82) is 0 Å². The van der Waals surface area contributed by atoms with Crippen LogP contribution in [0.2, 0.25) is 0 Å². The topological polar surface area (TPSA) is 42.7 Å². The maximum absolute atomic E-state index is 4.27. The number of piperidine rings is 1. The molecule has 1 unspecified atom stereocenters. The molecule has 2 heterocycles. The van der Waals surface area contributed by atoms with E-state index < -0.39 is 0 Å². The first-order chi connectivity index (χ1) is 7.45. The zero-order chi connectivity index (χ0) is 10.1. The largest absolute Gasteiger partial charge is 0.315 e. The fourth-order valence-corrected chi connectivity index (χ4v) is 2.57. The van der Waals surface area contributed by atoms with Crippen LogP contribution < -0.4 is 5.32 Å². The molecular weight excluding hydrogens is 188 g/mol. The minimum Gasteiger partial charge on any atom is -0.315 e. The molecule has 1 aromatic rings. The van der Waals surface area contributed by atoms with Gasteiger partial charge < -0.3 is 5.32 Å². The van der Waals surface area contributed by atoms with Crippen LogP contribution in [0.25, 0.3) is 0 Å². The molecule has 15 heavy (non-hydrogen) atoms. The molecular formula is C11H18N4. The Hall–Kier alpha value is -0.900. The van der Waals surface area contributed by atoms with E-state index in [0.29, 0.717) is 6.04 Å². The van der Waals surface area contributed by atoms with Gasteiger partial charge in [-0.15, -0.1) is 5.10 Å². The lowest BCUT2D eigenvalue weighted by Gasteiger charge is -2.30. The van der Waals surface area contributed by atoms with Gasteiger partial charge in [0.1, 0.15) is 0 Å². The Morgan fingerprint density at radius 1 is 1.27 bits per heavy atom. The highest BCUT2D eigenvalue weighted by Crippen LogP contribution is 2.37. The standard InChI is InChI=1S/C11H18N4/c1-3-9(4-1)11-8-13-14-15(11)10-5-2-6-12-7-10/h8-10,12H,1-7H2. The highest BCUT2D eigenvalue weighted by molar-refractivity contribution is 5.08. The molecule has 2 aliphatic rings. The summed E-state index contributed by atoms with van der Waals surface area (Å²) in [6.07, 6.45) is 8.50. The van der Waals surface area contributed by atoms with Gasteiger partial charge in [0, 0.05) is 12.5 Å². The second kappa shape index (κ2) is 3.93. The molecule has 1 aliphatic heterocycles. The molecule has 1 aromatic heterocycles. The summed E-state index contributed by atoms with van der Waals surface area (Å²) in [7, 11) is 0. The number of nitrogens with one attached hydrogen (secondary N) is 1. The lowest BCUT2D eigenvalue weighted by molar-refractivity contribution is 0.309. The highest BCUT2D eigenvalue weighted by Gasteiger charge is 2.27. The second-order valence-corrected chi connectivity index (χ2v) is 4.73. The highest BCUT2D eigenvalue weighted by atomic mass is 15.4. The summed E-state index contributed by atoms with van der Waals surface area (Å²) >= 11 is 0. The van der Waals surface area contributed by atoms with Crippen LogP contribution >= 0.6 is 0 Å². The predicted molar refractivity (Wildman–Crippen MR) is 57.8 cm³/mol. The number of rotatable bonds is 2. The van der Waals surface area contributed by atoms with Crippen molar-refractivity contribution in [2.24, 2.45) is 0 Å². The van der Waals surface area contributed by atoms with Gasteiger partial charge >= 0.3 is 0 Å². The quantitative estimate of drug-likeness (QED) is 0.796. The lowest BCUT2D eigenvalue weighted by atomic mass is 9.83. The van der Waals surface area contributed by atoms with E-state index in [0.717, 1.165) is 19.0 Å². The number of aromatic nitrogens is 3. The molecule has 0 amide bonds. The maximum Gasteiger partial charge on any atom is 0.0728 e. The first-order valence-corrected chi connectivity index (χ1v) is 6.06. The summed E-state index contributed by atoms with van der Waals surface area (Å²) in [5.41, 5.74) is 1.37. The summed E-state index contributed by atoms with van der Waals surface area (Å²) < 4.78 is 2.18. The first-order valence-electron chi connectivity index (χ1n) is 6.06. The van der Waals surface area contributed by atoms with Gasteiger partial charge in [-0.3, -0.25) is 0 Å². The van der Waals surface area contributed by atoms with E-state index in [9.17, 15) is 0 Å². The van der Waals surface area contributed by atoms with E-state index in [-0.39, 0.29) is 0 Å². The monoisotopic (exact) mass is 206 g/mol. The lowest BCUT2D eigenvalue weighted by Crippen LogP contribution is -2.33. The van der Waals surface area contributed by atoms with Crippen molar-refractivity contribution in [3.8, 4) is 0 Å². The molecule has 1 saturated heterocycles. The van der Waals surface area contributed by atoms with Crippen molar-refractivity contribution in [3.05, 3.63) is 11.9 Å². The van der Waals surface area contributed by atoms with E-state index in [4.69, 9.17) is 0 Å². The summed E-state index contributed by atoms with van der Waals surface area (Å²) in [4.78, 5) is 0. The van der Waals surface area contributed by atoms with Crippen LogP contribution in [0.15, 0.2) is 6.20 Å². The minimum absolute atomic E-state index is 0.539. The van der Waals surface area contributed by atoms with Crippen molar-refractivity contribution in [2.45, 2.75) is 44.1 Å².